The molecule has 0 aliphatic carbocycles. The van der Waals surface area contributed by atoms with Crippen LogP contribution in [0, 0.1) is 11.3 Å². The van der Waals surface area contributed by atoms with Gasteiger partial charge in [0.1, 0.15) is 5.41 Å². The topological polar surface area (TPSA) is 55.7 Å². The number of benzene rings is 2. The van der Waals surface area contributed by atoms with E-state index in [1.165, 1.54) is 5.56 Å². The summed E-state index contributed by atoms with van der Waals surface area (Å²) in [5.74, 6) is 0. The summed E-state index contributed by atoms with van der Waals surface area (Å²) < 4.78 is 0. The molecule has 0 fully saturated rings. The largest absolute Gasteiger partial charge is 0.300 e. The van der Waals surface area contributed by atoms with Gasteiger partial charge in [0.25, 0.3) is 0 Å². The lowest BCUT2D eigenvalue weighted by Gasteiger charge is -2.38. The zero-order valence-corrected chi connectivity index (χ0v) is 12.4. The minimum atomic E-state index is -0.636. The highest BCUT2D eigenvalue weighted by Gasteiger charge is 2.40. The quantitative estimate of drug-likeness (QED) is 0.749. The van der Waals surface area contributed by atoms with Gasteiger partial charge < -0.3 is 0 Å². The summed E-state index contributed by atoms with van der Waals surface area (Å²) in [5.41, 5.74) is 3.70. The summed E-state index contributed by atoms with van der Waals surface area (Å²) in [6.07, 6.45) is 1.80. The second kappa shape index (κ2) is 4.69. The summed E-state index contributed by atoms with van der Waals surface area (Å²) >= 11 is 0. The molecule has 4 heteroatoms. The van der Waals surface area contributed by atoms with Gasteiger partial charge in [-0.25, -0.2) is 0 Å². The van der Waals surface area contributed by atoms with Gasteiger partial charge in [-0.05, 0) is 29.8 Å². The van der Waals surface area contributed by atoms with Gasteiger partial charge >= 0.3 is 0 Å². The van der Waals surface area contributed by atoms with E-state index in [2.05, 4.69) is 52.5 Å². The van der Waals surface area contributed by atoms with Crippen molar-refractivity contribution < 1.29 is 0 Å². The Morgan fingerprint density at radius 2 is 2.14 bits per heavy atom. The van der Waals surface area contributed by atoms with E-state index in [0.717, 1.165) is 28.6 Å². The predicted octanol–water partition coefficient (Wildman–Crippen LogP) is 2.82. The van der Waals surface area contributed by atoms with Crippen molar-refractivity contribution in [1.29, 1.82) is 5.26 Å². The maximum atomic E-state index is 10.1. The fourth-order valence-corrected chi connectivity index (χ4v) is 3.52. The molecule has 4 rings (SSSR count). The lowest BCUT2D eigenvalue weighted by Crippen LogP contribution is -2.43. The monoisotopic (exact) mass is 288 g/mol. The molecule has 3 aromatic rings. The van der Waals surface area contributed by atoms with Crippen LogP contribution in [0.25, 0.3) is 10.9 Å². The number of aromatic nitrogens is 2. The van der Waals surface area contributed by atoms with Crippen LogP contribution < -0.4 is 0 Å². The van der Waals surface area contributed by atoms with Crippen molar-refractivity contribution in [2.75, 3.05) is 13.6 Å². The molecule has 1 aliphatic heterocycles. The SMILES string of the molecule is CN1Cc2ccccc2C(C#N)(c2ccc3cn[nH]c3c2)C1. The number of fused-ring (bicyclic) bond motifs is 2. The van der Waals surface area contributed by atoms with Crippen molar-refractivity contribution in [3.63, 3.8) is 0 Å². The van der Waals surface area contributed by atoms with Gasteiger partial charge in [-0.2, -0.15) is 10.4 Å². The Bertz CT molecular complexity index is 889. The van der Waals surface area contributed by atoms with Gasteiger partial charge in [0.05, 0.1) is 17.8 Å². The second-order valence-electron chi connectivity index (χ2n) is 6.02. The minimum absolute atomic E-state index is 0.636. The highest BCUT2D eigenvalue weighted by molar-refractivity contribution is 5.79. The first-order chi connectivity index (χ1) is 10.7. The number of nitrogens with one attached hydrogen (secondary N) is 1. The molecule has 22 heavy (non-hydrogen) atoms. The smallest absolute Gasteiger partial charge is 0.120 e. The molecule has 1 aliphatic rings. The lowest BCUT2D eigenvalue weighted by molar-refractivity contribution is 0.267. The summed E-state index contributed by atoms with van der Waals surface area (Å²) in [6, 6.07) is 17.0. The Morgan fingerprint density at radius 1 is 1.27 bits per heavy atom. The average Bonchev–Trinajstić information content (AvgIpc) is 3.01. The van der Waals surface area contributed by atoms with E-state index >= 15 is 0 Å². The molecule has 2 heterocycles. The molecular weight excluding hydrogens is 272 g/mol. The van der Waals surface area contributed by atoms with E-state index in [1.54, 1.807) is 6.20 Å². The van der Waals surface area contributed by atoms with Crippen LogP contribution in [0.3, 0.4) is 0 Å². The molecule has 0 bridgehead atoms. The van der Waals surface area contributed by atoms with Gasteiger partial charge in [-0.15, -0.1) is 0 Å². The van der Waals surface area contributed by atoms with E-state index in [4.69, 9.17) is 0 Å². The number of hydrogen-bond acceptors (Lipinski definition) is 3. The normalized spacial score (nSPS) is 21.5. The summed E-state index contributed by atoms with van der Waals surface area (Å²) in [4.78, 5) is 2.21. The number of nitrogens with zero attached hydrogens (tertiary/aromatic N) is 3. The molecule has 0 saturated heterocycles. The highest BCUT2D eigenvalue weighted by Crippen LogP contribution is 2.39. The van der Waals surface area contributed by atoms with Gasteiger partial charge in [-0.3, -0.25) is 10.00 Å². The van der Waals surface area contributed by atoms with Gasteiger partial charge in [0.15, 0.2) is 0 Å². The maximum Gasteiger partial charge on any atom is 0.120 e. The molecule has 1 N–H and O–H groups in total. The number of hydrogen-bond donors (Lipinski definition) is 1. The zero-order valence-electron chi connectivity index (χ0n) is 12.4. The fourth-order valence-electron chi connectivity index (χ4n) is 3.52. The van der Waals surface area contributed by atoms with Crippen LogP contribution >= 0.6 is 0 Å². The van der Waals surface area contributed by atoms with Crippen molar-refractivity contribution in [1.82, 2.24) is 15.1 Å². The molecule has 0 saturated carbocycles. The second-order valence-corrected chi connectivity index (χ2v) is 6.02. The molecule has 1 aromatic heterocycles. The van der Waals surface area contributed by atoms with E-state index < -0.39 is 5.41 Å². The molecule has 1 atom stereocenters. The summed E-state index contributed by atoms with van der Waals surface area (Å²) in [7, 11) is 2.07. The minimum Gasteiger partial charge on any atom is -0.300 e. The van der Waals surface area contributed by atoms with Gasteiger partial charge in [-0.1, -0.05) is 36.4 Å². The van der Waals surface area contributed by atoms with Crippen molar-refractivity contribution in [2.45, 2.75) is 12.0 Å². The third-order valence-corrected chi connectivity index (χ3v) is 4.55. The Labute approximate surface area is 129 Å². The fraction of sp³-hybridized carbons (Fsp3) is 0.222. The number of nitriles is 1. The number of likely N-dealkylation sites (N-methyl/N-ethyl adjacent to an activating group) is 1. The van der Waals surface area contributed by atoms with Crippen LogP contribution in [0.15, 0.2) is 48.7 Å². The lowest BCUT2D eigenvalue weighted by atomic mass is 9.71. The summed E-state index contributed by atoms with van der Waals surface area (Å²) in [5, 5.41) is 18.2. The molecule has 2 aromatic carbocycles. The van der Waals surface area contributed by atoms with Crippen molar-refractivity contribution in [3.8, 4) is 6.07 Å². The van der Waals surface area contributed by atoms with E-state index in [9.17, 15) is 5.26 Å². The Morgan fingerprint density at radius 3 is 3.00 bits per heavy atom. The summed E-state index contributed by atoms with van der Waals surface area (Å²) in [6.45, 7) is 1.58. The zero-order chi connectivity index (χ0) is 15.2. The van der Waals surface area contributed by atoms with Crippen LogP contribution in [0.4, 0.5) is 0 Å². The molecule has 0 amide bonds. The van der Waals surface area contributed by atoms with Crippen LogP contribution in [0.1, 0.15) is 16.7 Å². The molecule has 0 radical (unpaired) electrons. The Kier molecular flexibility index (Phi) is 2.78. The molecule has 4 nitrogen and oxygen atoms in total. The molecular formula is C18H16N4. The standard InChI is InChI=1S/C18H16N4/c1-22-10-14-4-2-3-5-16(14)18(11-19,12-22)15-7-6-13-9-20-21-17(13)8-15/h2-9H,10,12H2,1H3,(H,20,21). The van der Waals surface area contributed by atoms with Crippen molar-refractivity contribution in [3.05, 3.63) is 65.4 Å². The van der Waals surface area contributed by atoms with E-state index in [0.29, 0.717) is 6.54 Å². The molecule has 1 unspecified atom stereocenters. The Hall–Kier alpha value is -2.64. The van der Waals surface area contributed by atoms with E-state index in [-0.39, 0.29) is 0 Å². The maximum absolute atomic E-state index is 10.1. The number of rotatable bonds is 1. The van der Waals surface area contributed by atoms with Crippen LogP contribution in [-0.4, -0.2) is 28.7 Å². The third-order valence-electron chi connectivity index (χ3n) is 4.55. The van der Waals surface area contributed by atoms with Crippen LogP contribution in [0.2, 0.25) is 0 Å². The highest BCUT2D eigenvalue weighted by atomic mass is 15.1. The van der Waals surface area contributed by atoms with Crippen LogP contribution in [0.5, 0.6) is 0 Å². The molecule has 0 spiro atoms. The van der Waals surface area contributed by atoms with Crippen LogP contribution in [-0.2, 0) is 12.0 Å². The first-order valence-electron chi connectivity index (χ1n) is 7.35. The van der Waals surface area contributed by atoms with Crippen molar-refractivity contribution in [2.24, 2.45) is 0 Å². The number of aromatic amines is 1. The average molecular weight is 288 g/mol. The predicted molar refractivity (Wildman–Crippen MR) is 85.3 cm³/mol. The first-order valence-corrected chi connectivity index (χ1v) is 7.35. The first kappa shape index (κ1) is 13.1. The Balaban J connectivity index is 1.98. The van der Waals surface area contributed by atoms with Crippen molar-refractivity contribution >= 4 is 10.9 Å². The third kappa shape index (κ3) is 1.76. The number of H-pyrrole nitrogens is 1. The van der Waals surface area contributed by atoms with E-state index in [1.807, 2.05) is 18.2 Å². The van der Waals surface area contributed by atoms with Gasteiger partial charge in [0.2, 0.25) is 0 Å². The molecule has 108 valence electrons. The van der Waals surface area contributed by atoms with Gasteiger partial charge in [0, 0.05) is 18.5 Å².